The second kappa shape index (κ2) is 7.08. The van der Waals surface area contributed by atoms with Crippen LogP contribution in [0, 0.1) is 5.92 Å². The van der Waals surface area contributed by atoms with Crippen LogP contribution in [0.15, 0.2) is 0 Å². The number of hydrogen-bond acceptors (Lipinski definition) is 6. The first kappa shape index (κ1) is 15.4. The average Bonchev–Trinajstić information content (AvgIpc) is 2.37. The van der Waals surface area contributed by atoms with Crippen molar-refractivity contribution in [2.45, 2.75) is 13.8 Å². The van der Waals surface area contributed by atoms with E-state index in [-0.39, 0.29) is 17.1 Å². The molecule has 1 unspecified atom stereocenters. The smallest absolute Gasteiger partial charge is 0.231 e. The monoisotopic (exact) mass is 286 g/mol. The highest BCUT2D eigenvalue weighted by Crippen LogP contribution is 2.13. The molecule has 19 heavy (non-hydrogen) atoms. The van der Waals surface area contributed by atoms with E-state index in [4.69, 9.17) is 11.6 Å². The summed E-state index contributed by atoms with van der Waals surface area (Å²) in [5.41, 5.74) is 0. The first-order valence-electron chi connectivity index (χ1n) is 6.06. The van der Waals surface area contributed by atoms with Crippen LogP contribution in [0.1, 0.15) is 13.8 Å². The van der Waals surface area contributed by atoms with Gasteiger partial charge in [-0.3, -0.25) is 4.79 Å². The van der Waals surface area contributed by atoms with Gasteiger partial charge in [0, 0.05) is 27.2 Å². The van der Waals surface area contributed by atoms with E-state index in [1.807, 2.05) is 13.8 Å². The molecule has 0 spiro atoms. The molecule has 0 aliphatic heterocycles. The van der Waals surface area contributed by atoms with E-state index in [2.05, 4.69) is 25.6 Å². The Morgan fingerprint density at radius 1 is 1.42 bits per heavy atom. The third-order valence-corrected chi connectivity index (χ3v) is 2.68. The average molecular weight is 287 g/mol. The SMILES string of the molecule is CCNc1nc(Cl)nc(N(C)CC(C)C(=O)NC)n1. The maximum absolute atomic E-state index is 11.5. The van der Waals surface area contributed by atoms with Gasteiger partial charge in [-0.2, -0.15) is 15.0 Å². The summed E-state index contributed by atoms with van der Waals surface area (Å²) in [4.78, 5) is 25.5. The number of carbonyl (C=O) groups is 1. The van der Waals surface area contributed by atoms with E-state index < -0.39 is 0 Å². The third-order valence-electron chi connectivity index (χ3n) is 2.51. The zero-order chi connectivity index (χ0) is 14.4. The summed E-state index contributed by atoms with van der Waals surface area (Å²) < 4.78 is 0. The van der Waals surface area contributed by atoms with Crippen LogP contribution in [0.4, 0.5) is 11.9 Å². The molecular formula is C11H19ClN6O. The molecule has 0 aliphatic carbocycles. The largest absolute Gasteiger partial charge is 0.359 e. The molecule has 0 bridgehead atoms. The maximum Gasteiger partial charge on any atom is 0.231 e. The van der Waals surface area contributed by atoms with Gasteiger partial charge < -0.3 is 15.5 Å². The molecule has 1 amide bonds. The first-order chi connectivity index (χ1) is 8.97. The van der Waals surface area contributed by atoms with E-state index in [1.54, 1.807) is 19.0 Å². The predicted octanol–water partition coefficient (Wildman–Crippen LogP) is 0.775. The lowest BCUT2D eigenvalue weighted by Gasteiger charge is -2.20. The van der Waals surface area contributed by atoms with Crippen molar-refractivity contribution in [2.24, 2.45) is 5.92 Å². The number of aromatic nitrogens is 3. The maximum atomic E-state index is 11.5. The Kier molecular flexibility index (Phi) is 5.75. The van der Waals surface area contributed by atoms with Crippen molar-refractivity contribution in [1.82, 2.24) is 20.3 Å². The van der Waals surface area contributed by atoms with E-state index in [0.717, 1.165) is 0 Å². The number of nitrogens with zero attached hydrogens (tertiary/aromatic N) is 4. The van der Waals surface area contributed by atoms with Gasteiger partial charge in [-0.05, 0) is 18.5 Å². The highest BCUT2D eigenvalue weighted by atomic mass is 35.5. The van der Waals surface area contributed by atoms with Gasteiger partial charge in [-0.1, -0.05) is 6.92 Å². The molecule has 1 aromatic heterocycles. The summed E-state index contributed by atoms with van der Waals surface area (Å²) in [6, 6.07) is 0. The number of halogens is 1. The minimum absolute atomic E-state index is 0.0288. The van der Waals surface area contributed by atoms with Gasteiger partial charge in [0.15, 0.2) is 0 Å². The van der Waals surface area contributed by atoms with Crippen LogP contribution in [0.3, 0.4) is 0 Å². The second-order valence-corrected chi connectivity index (χ2v) is 4.49. The lowest BCUT2D eigenvalue weighted by atomic mass is 10.1. The summed E-state index contributed by atoms with van der Waals surface area (Å²) in [5.74, 6) is 0.663. The molecule has 7 nitrogen and oxygen atoms in total. The van der Waals surface area contributed by atoms with Crippen LogP contribution in [0.2, 0.25) is 5.28 Å². The first-order valence-corrected chi connectivity index (χ1v) is 6.43. The zero-order valence-electron chi connectivity index (χ0n) is 11.6. The Balaban J connectivity index is 2.81. The fraction of sp³-hybridized carbons (Fsp3) is 0.636. The van der Waals surface area contributed by atoms with Crippen molar-refractivity contribution in [2.75, 3.05) is 37.4 Å². The van der Waals surface area contributed by atoms with Crippen LogP contribution < -0.4 is 15.5 Å². The van der Waals surface area contributed by atoms with Gasteiger partial charge in [-0.25, -0.2) is 0 Å². The molecule has 2 N–H and O–H groups in total. The Morgan fingerprint density at radius 2 is 2.11 bits per heavy atom. The Morgan fingerprint density at radius 3 is 2.68 bits per heavy atom. The predicted molar refractivity (Wildman–Crippen MR) is 75.5 cm³/mol. The van der Waals surface area contributed by atoms with Gasteiger partial charge in [0.2, 0.25) is 23.1 Å². The molecule has 0 saturated heterocycles. The summed E-state index contributed by atoms with van der Waals surface area (Å²) in [5, 5.41) is 5.71. The fourth-order valence-corrected chi connectivity index (χ4v) is 1.72. The standard InChI is InChI=1S/C11H19ClN6O/c1-5-14-10-15-9(12)16-11(17-10)18(4)6-7(2)8(19)13-3/h7H,5-6H2,1-4H3,(H,13,19)(H,14,15,16,17). The van der Waals surface area contributed by atoms with Gasteiger partial charge in [0.1, 0.15) is 0 Å². The molecule has 1 rings (SSSR count). The number of carbonyl (C=O) groups excluding carboxylic acids is 1. The zero-order valence-corrected chi connectivity index (χ0v) is 12.3. The van der Waals surface area contributed by atoms with Crippen molar-refractivity contribution < 1.29 is 4.79 Å². The topological polar surface area (TPSA) is 83.0 Å². The van der Waals surface area contributed by atoms with E-state index >= 15 is 0 Å². The summed E-state index contributed by atoms with van der Waals surface area (Å²) in [7, 11) is 3.42. The number of anilines is 2. The van der Waals surface area contributed by atoms with E-state index in [9.17, 15) is 4.79 Å². The lowest BCUT2D eigenvalue weighted by Crippen LogP contribution is -2.35. The van der Waals surface area contributed by atoms with E-state index in [0.29, 0.717) is 25.0 Å². The molecule has 1 aromatic rings. The quantitative estimate of drug-likeness (QED) is 0.804. The van der Waals surface area contributed by atoms with Crippen LogP contribution in [-0.4, -0.2) is 48.0 Å². The molecule has 0 radical (unpaired) electrons. The number of amides is 1. The van der Waals surface area contributed by atoms with Crippen LogP contribution in [0.5, 0.6) is 0 Å². The lowest BCUT2D eigenvalue weighted by molar-refractivity contribution is -0.123. The molecule has 0 aliphatic rings. The second-order valence-electron chi connectivity index (χ2n) is 4.15. The van der Waals surface area contributed by atoms with Gasteiger partial charge >= 0.3 is 0 Å². The van der Waals surface area contributed by atoms with Crippen LogP contribution in [0.25, 0.3) is 0 Å². The number of rotatable bonds is 6. The van der Waals surface area contributed by atoms with Crippen molar-refractivity contribution in [3.05, 3.63) is 5.28 Å². The van der Waals surface area contributed by atoms with Gasteiger partial charge in [0.05, 0.1) is 5.92 Å². The minimum atomic E-state index is -0.173. The highest BCUT2D eigenvalue weighted by molar-refractivity contribution is 6.28. The van der Waals surface area contributed by atoms with Crippen LogP contribution in [-0.2, 0) is 4.79 Å². The van der Waals surface area contributed by atoms with Crippen LogP contribution >= 0.6 is 11.6 Å². The Labute approximate surface area is 117 Å². The molecule has 106 valence electrons. The minimum Gasteiger partial charge on any atom is -0.359 e. The molecule has 1 atom stereocenters. The molecule has 0 fully saturated rings. The number of nitrogens with one attached hydrogen (secondary N) is 2. The number of hydrogen-bond donors (Lipinski definition) is 2. The molecule has 0 aromatic carbocycles. The summed E-state index contributed by atoms with van der Waals surface area (Å²) in [6.45, 7) is 4.96. The fourth-order valence-electron chi connectivity index (χ4n) is 1.57. The Hall–Kier alpha value is -1.63. The highest BCUT2D eigenvalue weighted by Gasteiger charge is 2.16. The van der Waals surface area contributed by atoms with Gasteiger partial charge in [-0.15, -0.1) is 0 Å². The van der Waals surface area contributed by atoms with Gasteiger partial charge in [0.25, 0.3) is 0 Å². The van der Waals surface area contributed by atoms with E-state index in [1.165, 1.54) is 0 Å². The Bertz CT molecular complexity index is 441. The molecular weight excluding hydrogens is 268 g/mol. The normalized spacial score (nSPS) is 11.8. The van der Waals surface area contributed by atoms with Crippen molar-refractivity contribution in [1.29, 1.82) is 0 Å². The van der Waals surface area contributed by atoms with Crippen molar-refractivity contribution in [3.8, 4) is 0 Å². The summed E-state index contributed by atoms with van der Waals surface area (Å²) in [6.07, 6.45) is 0. The van der Waals surface area contributed by atoms with Crippen molar-refractivity contribution >= 4 is 29.4 Å². The summed E-state index contributed by atoms with van der Waals surface area (Å²) >= 11 is 5.85. The van der Waals surface area contributed by atoms with Crippen molar-refractivity contribution in [3.63, 3.8) is 0 Å². The molecule has 1 heterocycles. The molecule has 8 heteroatoms. The molecule has 0 saturated carbocycles. The third kappa shape index (κ3) is 4.51.